The van der Waals surface area contributed by atoms with Gasteiger partial charge in [0.15, 0.2) is 0 Å². The lowest BCUT2D eigenvalue weighted by atomic mass is 9.49. The van der Waals surface area contributed by atoms with Crippen molar-refractivity contribution in [2.24, 2.45) is 51.2 Å². The van der Waals surface area contributed by atoms with E-state index in [0.29, 0.717) is 51.2 Å². The molecule has 0 aromatic carbocycles. The standard InChI is InChI=1S/C24H50/c1-16(2)21(8,9)18(5)23(12,13)20(7)24(14,15)19(6)22(10,11)17(3)4/h16-20H,1-15H3. The molecule has 0 aliphatic heterocycles. The van der Waals surface area contributed by atoms with Gasteiger partial charge in [0, 0.05) is 0 Å². The third-order valence-corrected chi connectivity index (χ3v) is 9.67. The van der Waals surface area contributed by atoms with Crippen molar-refractivity contribution >= 4 is 0 Å². The van der Waals surface area contributed by atoms with Crippen molar-refractivity contribution in [1.82, 2.24) is 0 Å². The van der Waals surface area contributed by atoms with E-state index in [1.807, 2.05) is 0 Å². The van der Waals surface area contributed by atoms with Crippen LogP contribution in [-0.4, -0.2) is 0 Å². The Morgan fingerprint density at radius 3 is 0.667 bits per heavy atom. The van der Waals surface area contributed by atoms with Crippen molar-refractivity contribution in [3.05, 3.63) is 0 Å². The molecule has 146 valence electrons. The molecule has 0 saturated heterocycles. The van der Waals surface area contributed by atoms with Crippen LogP contribution < -0.4 is 0 Å². The smallest absolute Gasteiger partial charge is 0.0292 e. The summed E-state index contributed by atoms with van der Waals surface area (Å²) in [7, 11) is 0. The molecule has 0 heteroatoms. The summed E-state index contributed by atoms with van der Waals surface area (Å²) in [5.74, 6) is 3.41. The first kappa shape index (κ1) is 24.0. The maximum Gasteiger partial charge on any atom is -0.0292 e. The highest BCUT2D eigenvalue weighted by molar-refractivity contribution is 4.99. The van der Waals surface area contributed by atoms with E-state index in [0.717, 1.165) is 0 Å². The molecule has 0 saturated carbocycles. The molecule has 0 aliphatic carbocycles. The van der Waals surface area contributed by atoms with Crippen molar-refractivity contribution in [2.45, 2.75) is 104 Å². The molecule has 0 aromatic heterocycles. The lowest BCUT2D eigenvalue weighted by Gasteiger charge is -2.56. The monoisotopic (exact) mass is 338 g/mol. The fourth-order valence-corrected chi connectivity index (χ4v) is 4.63. The zero-order chi connectivity index (χ0) is 19.9. The minimum atomic E-state index is 0.304. The average Bonchev–Trinajstić information content (AvgIpc) is 2.43. The van der Waals surface area contributed by atoms with Crippen molar-refractivity contribution in [2.75, 3.05) is 0 Å². The molecule has 0 aromatic rings. The van der Waals surface area contributed by atoms with E-state index in [2.05, 4.69) is 104 Å². The Kier molecular flexibility index (Phi) is 7.32. The van der Waals surface area contributed by atoms with Crippen LogP contribution in [0, 0.1) is 51.2 Å². The van der Waals surface area contributed by atoms with Crippen LogP contribution in [0.5, 0.6) is 0 Å². The first-order valence-corrected chi connectivity index (χ1v) is 10.4. The Bertz CT molecular complexity index is 354. The highest BCUT2D eigenvalue weighted by Crippen LogP contribution is 2.57. The summed E-state index contributed by atoms with van der Waals surface area (Å²) in [6.07, 6.45) is 0. The highest BCUT2D eigenvalue weighted by Gasteiger charge is 2.50. The normalized spacial score (nSPS) is 18.9. The second kappa shape index (κ2) is 7.32. The van der Waals surface area contributed by atoms with Crippen LogP contribution in [0.3, 0.4) is 0 Å². The van der Waals surface area contributed by atoms with Gasteiger partial charge in [0.25, 0.3) is 0 Å². The SMILES string of the molecule is CC(C)C(C)(C)C(C)C(C)(C)C(C)C(C)(C)C(C)C(C)(C)C(C)C. The molecule has 0 nitrogen and oxygen atoms in total. The molecule has 0 N–H and O–H groups in total. The summed E-state index contributed by atoms with van der Waals surface area (Å²) in [6.45, 7) is 36.9. The van der Waals surface area contributed by atoms with Crippen molar-refractivity contribution in [3.8, 4) is 0 Å². The number of rotatable bonds is 8. The Morgan fingerprint density at radius 1 is 0.333 bits per heavy atom. The Hall–Kier alpha value is 0. The first-order valence-electron chi connectivity index (χ1n) is 10.4. The molecule has 0 amide bonds. The van der Waals surface area contributed by atoms with Gasteiger partial charge in [-0.3, -0.25) is 0 Å². The molecule has 0 radical (unpaired) electrons. The molecule has 2 unspecified atom stereocenters. The highest BCUT2D eigenvalue weighted by atomic mass is 14.5. The fraction of sp³-hybridized carbons (Fsp3) is 1.00. The molecule has 0 heterocycles. The summed E-state index contributed by atoms with van der Waals surface area (Å²) >= 11 is 0. The maximum absolute atomic E-state index is 2.52. The molecular formula is C24H50. The van der Waals surface area contributed by atoms with Gasteiger partial charge in [-0.1, -0.05) is 104 Å². The lowest BCUT2D eigenvalue weighted by molar-refractivity contribution is -0.0759. The van der Waals surface area contributed by atoms with E-state index in [9.17, 15) is 0 Å². The minimum Gasteiger partial charge on any atom is -0.0623 e. The largest absolute Gasteiger partial charge is 0.0623 e. The van der Waals surface area contributed by atoms with Gasteiger partial charge in [-0.2, -0.15) is 0 Å². The number of hydrogen-bond donors (Lipinski definition) is 0. The summed E-state index contributed by atoms with van der Waals surface area (Å²) in [5.41, 5.74) is 1.31. The Labute approximate surface area is 155 Å². The molecule has 0 fully saturated rings. The van der Waals surface area contributed by atoms with Crippen molar-refractivity contribution < 1.29 is 0 Å². The van der Waals surface area contributed by atoms with Gasteiger partial charge in [0.2, 0.25) is 0 Å². The zero-order valence-corrected chi connectivity index (χ0v) is 19.9. The van der Waals surface area contributed by atoms with Gasteiger partial charge in [0.05, 0.1) is 0 Å². The van der Waals surface area contributed by atoms with Gasteiger partial charge >= 0.3 is 0 Å². The lowest BCUT2D eigenvalue weighted by Crippen LogP contribution is -2.49. The van der Waals surface area contributed by atoms with Gasteiger partial charge in [-0.15, -0.1) is 0 Å². The molecule has 0 rings (SSSR count). The van der Waals surface area contributed by atoms with Crippen LogP contribution in [0.1, 0.15) is 104 Å². The number of hydrogen-bond acceptors (Lipinski definition) is 0. The maximum atomic E-state index is 2.52. The zero-order valence-electron chi connectivity index (χ0n) is 19.9. The van der Waals surface area contributed by atoms with E-state index in [1.165, 1.54) is 0 Å². The summed E-state index contributed by atoms with van der Waals surface area (Å²) < 4.78 is 0. The van der Waals surface area contributed by atoms with E-state index in [1.54, 1.807) is 0 Å². The summed E-state index contributed by atoms with van der Waals surface area (Å²) in [4.78, 5) is 0. The second-order valence-electron chi connectivity index (χ2n) is 11.8. The van der Waals surface area contributed by atoms with Crippen LogP contribution in [0.25, 0.3) is 0 Å². The minimum absolute atomic E-state index is 0.304. The Balaban J connectivity index is 5.76. The first-order chi connectivity index (χ1) is 10.4. The average molecular weight is 339 g/mol. The van der Waals surface area contributed by atoms with Gasteiger partial charge in [0.1, 0.15) is 0 Å². The predicted molar refractivity (Wildman–Crippen MR) is 112 cm³/mol. The van der Waals surface area contributed by atoms with E-state index < -0.39 is 0 Å². The van der Waals surface area contributed by atoms with Crippen LogP contribution in [0.15, 0.2) is 0 Å². The van der Waals surface area contributed by atoms with E-state index in [-0.39, 0.29) is 0 Å². The van der Waals surface area contributed by atoms with Crippen molar-refractivity contribution in [1.29, 1.82) is 0 Å². The molecular weight excluding hydrogens is 288 g/mol. The van der Waals surface area contributed by atoms with Crippen molar-refractivity contribution in [3.63, 3.8) is 0 Å². The van der Waals surface area contributed by atoms with Crippen LogP contribution in [0.4, 0.5) is 0 Å². The summed E-state index contributed by atoms with van der Waals surface area (Å²) in [5, 5.41) is 0. The van der Waals surface area contributed by atoms with Crippen LogP contribution in [-0.2, 0) is 0 Å². The predicted octanol–water partition coefficient (Wildman–Crippen LogP) is 8.31. The fourth-order valence-electron chi connectivity index (χ4n) is 4.63. The van der Waals surface area contributed by atoms with E-state index >= 15 is 0 Å². The van der Waals surface area contributed by atoms with Gasteiger partial charge < -0.3 is 0 Å². The third-order valence-electron chi connectivity index (χ3n) is 9.67. The molecule has 2 atom stereocenters. The second-order valence-corrected chi connectivity index (χ2v) is 11.8. The molecule has 0 bridgehead atoms. The van der Waals surface area contributed by atoms with Crippen LogP contribution in [0.2, 0.25) is 0 Å². The summed E-state index contributed by atoms with van der Waals surface area (Å²) in [6, 6.07) is 0. The van der Waals surface area contributed by atoms with Gasteiger partial charge in [-0.25, -0.2) is 0 Å². The topological polar surface area (TPSA) is 0 Å². The Morgan fingerprint density at radius 2 is 0.500 bits per heavy atom. The van der Waals surface area contributed by atoms with E-state index in [4.69, 9.17) is 0 Å². The molecule has 24 heavy (non-hydrogen) atoms. The van der Waals surface area contributed by atoms with Gasteiger partial charge in [-0.05, 0) is 51.2 Å². The third kappa shape index (κ3) is 4.21. The molecule has 0 spiro atoms. The molecule has 0 aliphatic rings. The van der Waals surface area contributed by atoms with Crippen LogP contribution >= 0.6 is 0 Å². The quantitative estimate of drug-likeness (QED) is 0.417.